The van der Waals surface area contributed by atoms with Crippen LogP contribution < -0.4 is 15.4 Å². The van der Waals surface area contributed by atoms with Crippen LogP contribution in [0.3, 0.4) is 0 Å². The van der Waals surface area contributed by atoms with Gasteiger partial charge in [0.15, 0.2) is 5.75 Å². The average Bonchev–Trinajstić information content (AvgIpc) is 2.48. The van der Waals surface area contributed by atoms with E-state index in [1.165, 1.54) is 7.11 Å². The number of hydrogen-bond acceptors (Lipinski definition) is 2. The van der Waals surface area contributed by atoms with Crippen LogP contribution >= 0.6 is 23.2 Å². The number of amides is 2. The van der Waals surface area contributed by atoms with Gasteiger partial charge in [-0.1, -0.05) is 41.4 Å². The van der Waals surface area contributed by atoms with E-state index in [1.807, 2.05) is 19.1 Å². The molecule has 0 aliphatic heterocycles. The molecule has 0 bridgehead atoms. The molecule has 6 heteroatoms. The number of methoxy groups -OCH3 is 1. The highest BCUT2D eigenvalue weighted by Crippen LogP contribution is 2.32. The van der Waals surface area contributed by atoms with Gasteiger partial charge < -0.3 is 15.4 Å². The van der Waals surface area contributed by atoms with Crippen molar-refractivity contribution < 1.29 is 9.53 Å². The molecule has 2 N–H and O–H groups in total. The van der Waals surface area contributed by atoms with Crippen LogP contribution in [0, 0.1) is 0 Å². The normalized spacial score (nSPS) is 11.6. The molecular weight excluding hydrogens is 323 g/mol. The first kappa shape index (κ1) is 16.5. The summed E-state index contributed by atoms with van der Waals surface area (Å²) < 4.78 is 5.19. The number of para-hydroxylation sites is 1. The van der Waals surface area contributed by atoms with Crippen LogP contribution in [0.25, 0.3) is 0 Å². The molecule has 2 aromatic carbocycles. The molecule has 116 valence electrons. The summed E-state index contributed by atoms with van der Waals surface area (Å²) >= 11 is 11.9. The SMILES string of the molecule is COc1c(Cl)cccc1NC(=O)NC(C)c1ccc(Cl)cc1. The molecule has 0 saturated heterocycles. The summed E-state index contributed by atoms with van der Waals surface area (Å²) in [5.74, 6) is 0.429. The molecular formula is C16H16Cl2N2O2. The Morgan fingerprint density at radius 3 is 2.45 bits per heavy atom. The predicted octanol–water partition coefficient (Wildman–Crippen LogP) is 4.88. The van der Waals surface area contributed by atoms with Crippen molar-refractivity contribution in [3.63, 3.8) is 0 Å². The Bertz CT molecular complexity index is 660. The summed E-state index contributed by atoms with van der Waals surface area (Å²) in [6.45, 7) is 1.89. The smallest absolute Gasteiger partial charge is 0.319 e. The molecule has 2 aromatic rings. The molecule has 0 aliphatic rings. The third kappa shape index (κ3) is 4.06. The van der Waals surface area contributed by atoms with Crippen LogP contribution in [0.5, 0.6) is 5.75 Å². The molecule has 1 atom stereocenters. The zero-order valence-electron chi connectivity index (χ0n) is 12.2. The Morgan fingerprint density at radius 1 is 1.14 bits per heavy atom. The van der Waals surface area contributed by atoms with Crippen molar-refractivity contribution in [1.29, 1.82) is 0 Å². The number of carbonyl (C=O) groups excluding carboxylic acids is 1. The van der Waals surface area contributed by atoms with Gasteiger partial charge in [-0.25, -0.2) is 4.79 Å². The number of ether oxygens (including phenoxy) is 1. The van der Waals surface area contributed by atoms with Crippen molar-refractivity contribution in [2.45, 2.75) is 13.0 Å². The van der Waals surface area contributed by atoms with Crippen molar-refractivity contribution in [2.24, 2.45) is 0 Å². The van der Waals surface area contributed by atoms with Gasteiger partial charge in [0.25, 0.3) is 0 Å². The minimum absolute atomic E-state index is 0.164. The van der Waals surface area contributed by atoms with Crippen LogP contribution in [0.15, 0.2) is 42.5 Å². The molecule has 22 heavy (non-hydrogen) atoms. The van der Waals surface area contributed by atoms with Crippen LogP contribution in [0.1, 0.15) is 18.5 Å². The Balaban J connectivity index is 2.04. The number of anilines is 1. The first-order valence-corrected chi connectivity index (χ1v) is 7.42. The van der Waals surface area contributed by atoms with Gasteiger partial charge in [-0.15, -0.1) is 0 Å². The van der Waals surface area contributed by atoms with E-state index in [1.54, 1.807) is 30.3 Å². The van der Waals surface area contributed by atoms with E-state index in [4.69, 9.17) is 27.9 Å². The van der Waals surface area contributed by atoms with Crippen molar-refractivity contribution in [3.8, 4) is 5.75 Å². The molecule has 1 unspecified atom stereocenters. The standard InChI is InChI=1S/C16H16Cl2N2O2/c1-10(11-6-8-12(17)9-7-11)19-16(21)20-14-5-3-4-13(18)15(14)22-2/h3-10H,1-2H3,(H2,19,20,21). The van der Waals surface area contributed by atoms with Crippen LogP contribution in [0.2, 0.25) is 10.0 Å². The average molecular weight is 339 g/mol. The maximum Gasteiger partial charge on any atom is 0.319 e. The molecule has 0 aliphatic carbocycles. The number of hydrogen-bond donors (Lipinski definition) is 2. The minimum Gasteiger partial charge on any atom is -0.493 e. The van der Waals surface area contributed by atoms with Gasteiger partial charge in [0.2, 0.25) is 0 Å². The Labute approximate surface area is 139 Å². The summed E-state index contributed by atoms with van der Waals surface area (Å²) in [5.41, 5.74) is 1.47. The molecule has 0 aromatic heterocycles. The zero-order valence-corrected chi connectivity index (χ0v) is 13.7. The van der Waals surface area contributed by atoms with Crippen LogP contribution in [-0.2, 0) is 0 Å². The van der Waals surface area contributed by atoms with Crippen LogP contribution in [-0.4, -0.2) is 13.1 Å². The highest BCUT2D eigenvalue weighted by Gasteiger charge is 2.13. The fourth-order valence-electron chi connectivity index (χ4n) is 2.00. The summed E-state index contributed by atoms with van der Waals surface area (Å²) in [5, 5.41) is 6.66. The molecule has 0 fully saturated rings. The van der Waals surface area contributed by atoms with E-state index < -0.39 is 0 Å². The topological polar surface area (TPSA) is 50.4 Å². The van der Waals surface area contributed by atoms with E-state index in [2.05, 4.69) is 10.6 Å². The number of benzene rings is 2. The number of nitrogens with one attached hydrogen (secondary N) is 2. The molecule has 4 nitrogen and oxygen atoms in total. The lowest BCUT2D eigenvalue weighted by Crippen LogP contribution is -2.31. The summed E-state index contributed by atoms with van der Waals surface area (Å²) in [7, 11) is 1.50. The number of urea groups is 1. The molecule has 0 heterocycles. The lowest BCUT2D eigenvalue weighted by Gasteiger charge is -2.16. The minimum atomic E-state index is -0.344. The molecule has 2 rings (SSSR count). The number of rotatable bonds is 4. The quantitative estimate of drug-likeness (QED) is 0.834. The summed E-state index contributed by atoms with van der Waals surface area (Å²) in [6.07, 6.45) is 0. The largest absolute Gasteiger partial charge is 0.493 e. The second-order valence-electron chi connectivity index (χ2n) is 4.69. The maximum absolute atomic E-state index is 12.1. The second kappa shape index (κ2) is 7.38. The zero-order chi connectivity index (χ0) is 16.1. The maximum atomic E-state index is 12.1. The highest BCUT2D eigenvalue weighted by atomic mass is 35.5. The Hall–Kier alpha value is -1.91. The molecule has 0 saturated carbocycles. The molecule has 0 spiro atoms. The third-order valence-electron chi connectivity index (χ3n) is 3.14. The first-order chi connectivity index (χ1) is 10.5. The van der Waals surface area contributed by atoms with E-state index >= 15 is 0 Å². The van der Waals surface area contributed by atoms with Gasteiger partial charge in [0, 0.05) is 5.02 Å². The monoisotopic (exact) mass is 338 g/mol. The van der Waals surface area contributed by atoms with Gasteiger partial charge in [0.05, 0.1) is 23.9 Å². The second-order valence-corrected chi connectivity index (χ2v) is 5.54. The third-order valence-corrected chi connectivity index (χ3v) is 3.69. The van der Waals surface area contributed by atoms with Gasteiger partial charge in [-0.2, -0.15) is 0 Å². The van der Waals surface area contributed by atoms with E-state index in [0.29, 0.717) is 21.5 Å². The Morgan fingerprint density at radius 2 is 1.82 bits per heavy atom. The van der Waals surface area contributed by atoms with Gasteiger partial charge in [-0.3, -0.25) is 0 Å². The Kier molecular flexibility index (Phi) is 5.52. The van der Waals surface area contributed by atoms with Crippen molar-refractivity contribution in [1.82, 2.24) is 5.32 Å². The number of carbonyl (C=O) groups is 1. The fourth-order valence-corrected chi connectivity index (χ4v) is 2.38. The van der Waals surface area contributed by atoms with Crippen molar-refractivity contribution in [3.05, 3.63) is 58.1 Å². The van der Waals surface area contributed by atoms with Crippen LogP contribution in [0.4, 0.5) is 10.5 Å². The van der Waals surface area contributed by atoms with E-state index in [0.717, 1.165) is 5.56 Å². The summed E-state index contributed by atoms with van der Waals surface area (Å²) in [4.78, 5) is 12.1. The fraction of sp³-hybridized carbons (Fsp3) is 0.188. The highest BCUT2D eigenvalue weighted by molar-refractivity contribution is 6.32. The molecule has 0 radical (unpaired) electrons. The molecule has 2 amide bonds. The predicted molar refractivity (Wildman–Crippen MR) is 90.0 cm³/mol. The van der Waals surface area contributed by atoms with Gasteiger partial charge >= 0.3 is 6.03 Å². The number of halogens is 2. The lowest BCUT2D eigenvalue weighted by molar-refractivity contribution is 0.249. The van der Waals surface area contributed by atoms with Gasteiger partial charge in [0.1, 0.15) is 0 Å². The lowest BCUT2D eigenvalue weighted by atomic mass is 10.1. The van der Waals surface area contributed by atoms with Gasteiger partial charge in [-0.05, 0) is 36.8 Å². The first-order valence-electron chi connectivity index (χ1n) is 6.66. The van der Waals surface area contributed by atoms with E-state index in [-0.39, 0.29) is 12.1 Å². The van der Waals surface area contributed by atoms with Crippen molar-refractivity contribution >= 4 is 34.9 Å². The van der Waals surface area contributed by atoms with E-state index in [9.17, 15) is 4.79 Å². The summed E-state index contributed by atoms with van der Waals surface area (Å²) in [6, 6.07) is 12.0. The van der Waals surface area contributed by atoms with Crippen molar-refractivity contribution in [2.75, 3.05) is 12.4 Å².